The third-order valence-electron chi connectivity index (χ3n) is 3.91. The van der Waals surface area contributed by atoms with E-state index >= 15 is 0 Å². The van der Waals surface area contributed by atoms with Gasteiger partial charge in [0.05, 0.1) is 17.1 Å². The van der Waals surface area contributed by atoms with Crippen LogP contribution in [0.5, 0.6) is 0 Å². The summed E-state index contributed by atoms with van der Waals surface area (Å²) in [5.41, 5.74) is 1.64. The first-order valence-electron chi connectivity index (χ1n) is 6.91. The molecule has 0 fully saturated rings. The zero-order chi connectivity index (χ0) is 15.2. The first kappa shape index (κ1) is 13.4. The van der Waals surface area contributed by atoms with Gasteiger partial charge in [-0.1, -0.05) is 30.3 Å². The monoisotopic (exact) mass is 311 g/mol. The SMILES string of the molecule is O=S(=O)(c1ccc2ccccc2c1)N1Cc2cncnc2C1. The molecule has 1 aliphatic heterocycles. The molecule has 0 spiro atoms. The minimum Gasteiger partial charge on any atom is -0.244 e. The Labute approximate surface area is 128 Å². The smallest absolute Gasteiger partial charge is 0.243 e. The summed E-state index contributed by atoms with van der Waals surface area (Å²) in [4.78, 5) is 8.42. The summed E-state index contributed by atoms with van der Waals surface area (Å²) in [6.45, 7) is 0.623. The highest BCUT2D eigenvalue weighted by atomic mass is 32.2. The van der Waals surface area contributed by atoms with Crippen molar-refractivity contribution in [1.29, 1.82) is 0 Å². The van der Waals surface area contributed by atoms with Crippen molar-refractivity contribution < 1.29 is 8.42 Å². The lowest BCUT2D eigenvalue weighted by atomic mass is 10.1. The fraction of sp³-hybridized carbons (Fsp3) is 0.125. The highest BCUT2D eigenvalue weighted by Gasteiger charge is 2.31. The van der Waals surface area contributed by atoms with Crippen LogP contribution in [0, 0.1) is 0 Å². The van der Waals surface area contributed by atoms with Crippen LogP contribution in [-0.2, 0) is 23.1 Å². The van der Waals surface area contributed by atoms with Crippen LogP contribution in [0.4, 0.5) is 0 Å². The molecule has 0 unspecified atom stereocenters. The molecule has 0 atom stereocenters. The van der Waals surface area contributed by atoms with Crippen molar-refractivity contribution >= 4 is 20.8 Å². The molecule has 1 aliphatic rings. The van der Waals surface area contributed by atoms with E-state index in [-0.39, 0.29) is 0 Å². The van der Waals surface area contributed by atoms with Crippen molar-refractivity contribution in [2.24, 2.45) is 0 Å². The van der Waals surface area contributed by atoms with Gasteiger partial charge in [-0.15, -0.1) is 0 Å². The Bertz CT molecular complexity index is 945. The lowest BCUT2D eigenvalue weighted by molar-refractivity contribution is 0.430. The molecule has 6 heteroatoms. The van der Waals surface area contributed by atoms with E-state index in [1.54, 1.807) is 18.3 Å². The van der Waals surface area contributed by atoms with Gasteiger partial charge in [-0.2, -0.15) is 4.31 Å². The maximum Gasteiger partial charge on any atom is 0.243 e. The van der Waals surface area contributed by atoms with Gasteiger partial charge in [-0.25, -0.2) is 18.4 Å². The average molecular weight is 311 g/mol. The number of rotatable bonds is 2. The van der Waals surface area contributed by atoms with Gasteiger partial charge in [-0.3, -0.25) is 0 Å². The number of aromatic nitrogens is 2. The van der Waals surface area contributed by atoms with Gasteiger partial charge in [0, 0.05) is 18.3 Å². The number of fused-ring (bicyclic) bond motifs is 2. The second kappa shape index (κ2) is 4.86. The van der Waals surface area contributed by atoms with E-state index in [9.17, 15) is 8.42 Å². The Morgan fingerprint density at radius 1 is 1.00 bits per heavy atom. The van der Waals surface area contributed by atoms with Gasteiger partial charge in [0.1, 0.15) is 6.33 Å². The van der Waals surface area contributed by atoms with E-state index in [0.29, 0.717) is 18.0 Å². The first-order valence-corrected chi connectivity index (χ1v) is 8.35. The van der Waals surface area contributed by atoms with Crippen LogP contribution in [-0.4, -0.2) is 22.7 Å². The number of hydrogen-bond donors (Lipinski definition) is 0. The highest BCUT2D eigenvalue weighted by molar-refractivity contribution is 7.89. The third kappa shape index (κ3) is 2.08. The van der Waals surface area contributed by atoms with Crippen LogP contribution in [0.2, 0.25) is 0 Å². The molecule has 0 bridgehead atoms. The largest absolute Gasteiger partial charge is 0.244 e. The molecule has 0 N–H and O–H groups in total. The van der Waals surface area contributed by atoms with E-state index in [1.165, 1.54) is 10.6 Å². The standard InChI is InChI=1S/C16H13N3O2S/c20-22(21,19-9-14-8-17-11-18-16(14)10-19)15-6-5-12-3-1-2-4-13(12)7-15/h1-8,11H,9-10H2. The van der Waals surface area contributed by atoms with E-state index < -0.39 is 10.0 Å². The van der Waals surface area contributed by atoms with E-state index in [2.05, 4.69) is 9.97 Å². The molecule has 0 radical (unpaired) electrons. The average Bonchev–Trinajstić information content (AvgIpc) is 2.99. The van der Waals surface area contributed by atoms with Crippen molar-refractivity contribution in [2.45, 2.75) is 18.0 Å². The maximum absolute atomic E-state index is 12.8. The van der Waals surface area contributed by atoms with E-state index in [1.807, 2.05) is 30.3 Å². The Hall–Kier alpha value is -2.31. The van der Waals surface area contributed by atoms with Crippen molar-refractivity contribution in [3.8, 4) is 0 Å². The molecule has 2 heterocycles. The Kier molecular flexibility index (Phi) is 2.95. The summed E-state index contributed by atoms with van der Waals surface area (Å²) < 4.78 is 27.1. The fourth-order valence-electron chi connectivity index (χ4n) is 2.72. The molecule has 1 aromatic heterocycles. The van der Waals surface area contributed by atoms with E-state index in [4.69, 9.17) is 0 Å². The highest BCUT2D eigenvalue weighted by Crippen LogP contribution is 2.28. The molecule has 2 aromatic carbocycles. The van der Waals surface area contributed by atoms with Gasteiger partial charge >= 0.3 is 0 Å². The minimum absolute atomic E-state index is 0.299. The summed E-state index contributed by atoms with van der Waals surface area (Å²) in [6, 6.07) is 12.9. The van der Waals surface area contributed by atoms with Crippen molar-refractivity contribution in [3.63, 3.8) is 0 Å². The number of benzene rings is 2. The van der Waals surface area contributed by atoms with Crippen LogP contribution < -0.4 is 0 Å². The maximum atomic E-state index is 12.8. The summed E-state index contributed by atoms with van der Waals surface area (Å²) in [7, 11) is -3.53. The number of hydrogen-bond acceptors (Lipinski definition) is 4. The Balaban J connectivity index is 1.74. The summed E-state index contributed by atoms with van der Waals surface area (Å²) in [6.07, 6.45) is 3.13. The zero-order valence-electron chi connectivity index (χ0n) is 11.7. The lowest BCUT2D eigenvalue weighted by Crippen LogP contribution is -2.25. The molecule has 5 nitrogen and oxygen atoms in total. The Morgan fingerprint density at radius 2 is 1.82 bits per heavy atom. The van der Waals surface area contributed by atoms with E-state index in [0.717, 1.165) is 22.0 Å². The summed E-state index contributed by atoms with van der Waals surface area (Å²) in [5, 5.41) is 1.94. The van der Waals surface area contributed by atoms with Crippen LogP contribution in [0.25, 0.3) is 10.8 Å². The Morgan fingerprint density at radius 3 is 2.64 bits per heavy atom. The van der Waals surface area contributed by atoms with Gasteiger partial charge in [-0.05, 0) is 22.9 Å². The molecule has 110 valence electrons. The van der Waals surface area contributed by atoms with Crippen LogP contribution in [0.15, 0.2) is 59.9 Å². The quantitative estimate of drug-likeness (QED) is 0.729. The molecule has 4 rings (SSSR count). The first-order chi connectivity index (χ1) is 10.6. The number of nitrogens with zero attached hydrogens (tertiary/aromatic N) is 3. The summed E-state index contributed by atoms with van der Waals surface area (Å²) >= 11 is 0. The predicted molar refractivity (Wildman–Crippen MR) is 82.4 cm³/mol. The topological polar surface area (TPSA) is 63.2 Å². The molecule has 3 aromatic rings. The molecule has 0 saturated carbocycles. The van der Waals surface area contributed by atoms with Gasteiger partial charge in [0.15, 0.2) is 0 Å². The summed E-state index contributed by atoms with van der Waals surface area (Å²) in [5.74, 6) is 0. The molecule has 0 amide bonds. The van der Waals surface area contributed by atoms with Crippen LogP contribution >= 0.6 is 0 Å². The minimum atomic E-state index is -3.53. The molecule has 22 heavy (non-hydrogen) atoms. The normalized spacial score (nSPS) is 15.1. The molecular weight excluding hydrogens is 298 g/mol. The van der Waals surface area contributed by atoms with Gasteiger partial charge < -0.3 is 0 Å². The zero-order valence-corrected chi connectivity index (χ0v) is 12.5. The number of sulfonamides is 1. The van der Waals surface area contributed by atoms with Crippen molar-refractivity contribution in [2.75, 3.05) is 0 Å². The second-order valence-corrected chi connectivity index (χ2v) is 7.21. The van der Waals surface area contributed by atoms with Crippen LogP contribution in [0.3, 0.4) is 0 Å². The predicted octanol–water partition coefficient (Wildman–Crippen LogP) is 2.33. The third-order valence-corrected chi connectivity index (χ3v) is 5.70. The fourth-order valence-corrected chi connectivity index (χ4v) is 4.13. The second-order valence-electron chi connectivity index (χ2n) is 5.28. The van der Waals surface area contributed by atoms with Gasteiger partial charge in [0.25, 0.3) is 0 Å². The molecular formula is C16H13N3O2S. The molecule has 0 saturated heterocycles. The lowest BCUT2D eigenvalue weighted by Gasteiger charge is -2.15. The van der Waals surface area contributed by atoms with Crippen molar-refractivity contribution in [1.82, 2.24) is 14.3 Å². The molecule has 0 aliphatic carbocycles. The van der Waals surface area contributed by atoms with Gasteiger partial charge in [0.2, 0.25) is 10.0 Å². The van der Waals surface area contributed by atoms with Crippen molar-refractivity contribution in [3.05, 3.63) is 66.2 Å². The van der Waals surface area contributed by atoms with Crippen LogP contribution in [0.1, 0.15) is 11.3 Å².